The van der Waals surface area contributed by atoms with Gasteiger partial charge in [-0.25, -0.2) is 4.99 Å². The lowest BCUT2D eigenvalue weighted by atomic mass is 10.0. The first-order chi connectivity index (χ1) is 11.0. The fourth-order valence-electron chi connectivity index (χ4n) is 2.12. The third kappa shape index (κ3) is 5.14. The highest BCUT2D eigenvalue weighted by Crippen LogP contribution is 2.20. The zero-order chi connectivity index (χ0) is 16.7. The minimum absolute atomic E-state index is 0.205. The van der Waals surface area contributed by atoms with Crippen LogP contribution in [-0.4, -0.2) is 40.5 Å². The fourth-order valence-corrected chi connectivity index (χ4v) is 2.12. The molecule has 1 unspecified atom stereocenters. The van der Waals surface area contributed by atoms with E-state index < -0.39 is 5.60 Å². The Morgan fingerprint density at radius 2 is 2.30 bits per heavy atom. The summed E-state index contributed by atoms with van der Waals surface area (Å²) in [6.45, 7) is 8.08. The average Bonchev–Trinajstić information content (AvgIpc) is 3.17. The van der Waals surface area contributed by atoms with Gasteiger partial charge in [0.1, 0.15) is 11.4 Å². The minimum Gasteiger partial charge on any atom is -0.466 e. The summed E-state index contributed by atoms with van der Waals surface area (Å²) in [4.78, 5) is 4.43. The molecule has 2 aromatic rings. The van der Waals surface area contributed by atoms with Gasteiger partial charge < -0.3 is 20.2 Å². The molecule has 0 amide bonds. The van der Waals surface area contributed by atoms with E-state index in [-0.39, 0.29) is 6.54 Å². The summed E-state index contributed by atoms with van der Waals surface area (Å²) in [7, 11) is 0. The van der Waals surface area contributed by atoms with E-state index in [0.717, 1.165) is 18.7 Å². The van der Waals surface area contributed by atoms with Crippen molar-refractivity contribution < 1.29 is 9.52 Å². The first kappa shape index (κ1) is 17.1. The Labute approximate surface area is 136 Å². The van der Waals surface area contributed by atoms with Gasteiger partial charge in [0.05, 0.1) is 25.5 Å². The molecule has 0 fully saturated rings. The maximum absolute atomic E-state index is 10.4. The highest BCUT2D eigenvalue weighted by atomic mass is 16.4. The quantitative estimate of drug-likeness (QED) is 0.528. The SMILES string of the molecule is CCNC(=NCC(C)(O)c1ccco1)NCCn1cc(C)cn1. The van der Waals surface area contributed by atoms with Crippen LogP contribution in [0.2, 0.25) is 0 Å². The Balaban J connectivity index is 1.89. The predicted molar refractivity (Wildman–Crippen MR) is 89.2 cm³/mol. The fraction of sp³-hybridized carbons (Fsp3) is 0.500. The second-order valence-electron chi connectivity index (χ2n) is 5.65. The molecule has 23 heavy (non-hydrogen) atoms. The van der Waals surface area contributed by atoms with Crippen molar-refractivity contribution in [2.45, 2.75) is 32.9 Å². The van der Waals surface area contributed by atoms with E-state index in [9.17, 15) is 5.11 Å². The highest BCUT2D eigenvalue weighted by Gasteiger charge is 2.25. The van der Waals surface area contributed by atoms with Crippen molar-refractivity contribution >= 4 is 5.96 Å². The van der Waals surface area contributed by atoms with E-state index in [4.69, 9.17) is 4.42 Å². The molecule has 0 saturated carbocycles. The zero-order valence-electron chi connectivity index (χ0n) is 13.9. The molecule has 0 radical (unpaired) electrons. The van der Waals surface area contributed by atoms with Gasteiger partial charge in [0.15, 0.2) is 5.96 Å². The van der Waals surface area contributed by atoms with E-state index in [1.807, 2.05) is 30.9 Å². The first-order valence-corrected chi connectivity index (χ1v) is 7.79. The van der Waals surface area contributed by atoms with E-state index in [1.165, 1.54) is 0 Å². The molecular formula is C16H25N5O2. The topological polar surface area (TPSA) is 87.6 Å². The Morgan fingerprint density at radius 1 is 1.48 bits per heavy atom. The number of aryl methyl sites for hydroxylation is 1. The Bertz CT molecular complexity index is 616. The van der Waals surface area contributed by atoms with Crippen molar-refractivity contribution in [2.75, 3.05) is 19.6 Å². The molecule has 0 aliphatic carbocycles. The van der Waals surface area contributed by atoms with E-state index >= 15 is 0 Å². The largest absolute Gasteiger partial charge is 0.466 e. The Kier molecular flexibility index (Phi) is 5.81. The maximum atomic E-state index is 10.4. The molecule has 1 atom stereocenters. The number of hydrogen-bond acceptors (Lipinski definition) is 4. The number of guanidine groups is 1. The van der Waals surface area contributed by atoms with Crippen molar-refractivity contribution in [1.82, 2.24) is 20.4 Å². The van der Waals surface area contributed by atoms with E-state index in [1.54, 1.807) is 25.3 Å². The van der Waals surface area contributed by atoms with Gasteiger partial charge in [-0.3, -0.25) is 4.68 Å². The van der Waals surface area contributed by atoms with Crippen molar-refractivity contribution in [3.8, 4) is 0 Å². The van der Waals surface area contributed by atoms with Crippen LogP contribution >= 0.6 is 0 Å². The molecule has 3 N–H and O–H groups in total. The second kappa shape index (κ2) is 7.82. The smallest absolute Gasteiger partial charge is 0.191 e. The monoisotopic (exact) mass is 319 g/mol. The minimum atomic E-state index is -1.13. The van der Waals surface area contributed by atoms with Gasteiger partial charge in [-0.1, -0.05) is 0 Å². The summed E-state index contributed by atoms with van der Waals surface area (Å²) in [5, 5.41) is 21.1. The van der Waals surface area contributed by atoms with Crippen LogP contribution in [0.1, 0.15) is 25.2 Å². The van der Waals surface area contributed by atoms with Crippen molar-refractivity contribution in [3.05, 3.63) is 42.1 Å². The summed E-state index contributed by atoms with van der Waals surface area (Å²) in [5.41, 5.74) is 0.00497. The molecule has 0 bridgehead atoms. The highest BCUT2D eigenvalue weighted by molar-refractivity contribution is 5.79. The van der Waals surface area contributed by atoms with Crippen LogP contribution in [0, 0.1) is 6.92 Å². The third-order valence-corrected chi connectivity index (χ3v) is 3.34. The number of nitrogens with one attached hydrogen (secondary N) is 2. The summed E-state index contributed by atoms with van der Waals surface area (Å²) in [5.74, 6) is 1.16. The third-order valence-electron chi connectivity index (χ3n) is 3.34. The van der Waals surface area contributed by atoms with Gasteiger partial charge in [0.25, 0.3) is 0 Å². The second-order valence-corrected chi connectivity index (χ2v) is 5.65. The number of furan rings is 1. The van der Waals surface area contributed by atoms with Crippen molar-refractivity contribution in [1.29, 1.82) is 0 Å². The molecule has 7 nitrogen and oxygen atoms in total. The van der Waals surface area contributed by atoms with Gasteiger partial charge in [0, 0.05) is 19.3 Å². The number of aliphatic hydroxyl groups is 1. The van der Waals surface area contributed by atoms with E-state index in [0.29, 0.717) is 18.3 Å². The molecule has 7 heteroatoms. The van der Waals surface area contributed by atoms with Crippen LogP contribution in [0.5, 0.6) is 0 Å². The van der Waals surface area contributed by atoms with Crippen LogP contribution in [-0.2, 0) is 12.1 Å². The van der Waals surface area contributed by atoms with Gasteiger partial charge in [-0.2, -0.15) is 5.10 Å². The van der Waals surface area contributed by atoms with Crippen LogP contribution in [0.15, 0.2) is 40.2 Å². The number of aliphatic imine (C=N–C) groups is 1. The lowest BCUT2D eigenvalue weighted by molar-refractivity contribution is 0.0437. The molecule has 2 heterocycles. The lowest BCUT2D eigenvalue weighted by Crippen LogP contribution is -2.40. The summed E-state index contributed by atoms with van der Waals surface area (Å²) >= 11 is 0. The summed E-state index contributed by atoms with van der Waals surface area (Å²) in [6.07, 6.45) is 5.37. The number of hydrogen-bond donors (Lipinski definition) is 3. The first-order valence-electron chi connectivity index (χ1n) is 7.79. The Morgan fingerprint density at radius 3 is 2.91 bits per heavy atom. The van der Waals surface area contributed by atoms with Gasteiger partial charge in [-0.05, 0) is 38.5 Å². The van der Waals surface area contributed by atoms with Crippen LogP contribution in [0.25, 0.3) is 0 Å². The maximum Gasteiger partial charge on any atom is 0.191 e. The molecule has 0 saturated heterocycles. The lowest BCUT2D eigenvalue weighted by Gasteiger charge is -2.19. The molecule has 126 valence electrons. The standard InChI is InChI=1S/C16H25N5O2/c1-4-17-15(18-7-8-21-11-13(2)10-20-21)19-12-16(3,22)14-6-5-9-23-14/h5-6,9-11,22H,4,7-8,12H2,1-3H3,(H2,17,18,19). The summed E-state index contributed by atoms with van der Waals surface area (Å²) < 4.78 is 7.14. The molecule has 0 aromatic carbocycles. The molecule has 2 aromatic heterocycles. The number of rotatable bonds is 7. The summed E-state index contributed by atoms with van der Waals surface area (Å²) in [6, 6.07) is 3.50. The van der Waals surface area contributed by atoms with Crippen molar-refractivity contribution in [3.63, 3.8) is 0 Å². The normalized spacial score (nSPS) is 14.5. The average molecular weight is 319 g/mol. The molecular weight excluding hydrogens is 294 g/mol. The molecule has 2 rings (SSSR count). The van der Waals surface area contributed by atoms with E-state index in [2.05, 4.69) is 20.7 Å². The molecule has 0 spiro atoms. The van der Waals surface area contributed by atoms with Gasteiger partial charge in [0.2, 0.25) is 0 Å². The van der Waals surface area contributed by atoms with Crippen LogP contribution < -0.4 is 10.6 Å². The van der Waals surface area contributed by atoms with Crippen LogP contribution in [0.3, 0.4) is 0 Å². The number of aromatic nitrogens is 2. The number of nitrogens with zero attached hydrogens (tertiary/aromatic N) is 3. The van der Waals surface area contributed by atoms with Crippen molar-refractivity contribution in [2.24, 2.45) is 4.99 Å². The van der Waals surface area contributed by atoms with Gasteiger partial charge >= 0.3 is 0 Å². The zero-order valence-corrected chi connectivity index (χ0v) is 13.9. The van der Waals surface area contributed by atoms with Gasteiger partial charge in [-0.15, -0.1) is 0 Å². The van der Waals surface area contributed by atoms with Crippen LogP contribution in [0.4, 0.5) is 0 Å². The molecule has 0 aliphatic rings. The predicted octanol–water partition coefficient (Wildman–Crippen LogP) is 1.25. The Hall–Kier alpha value is -2.28. The molecule has 0 aliphatic heterocycles.